The number of methoxy groups -OCH3 is 1. The summed E-state index contributed by atoms with van der Waals surface area (Å²) in [6.45, 7) is 16.3. The van der Waals surface area contributed by atoms with Gasteiger partial charge < -0.3 is 13.7 Å². The SMILES string of the molecule is CCCCCC(=O)/C=C/[C@H]1[C@H](CO[Si](C)(C)C)CC2N(O[Si](C)(C)C)[C@@]21C/C=C\CCCC(=O)OC. The van der Waals surface area contributed by atoms with Gasteiger partial charge in [-0.2, -0.15) is 5.06 Å². The fraction of sp³-hybridized carbons (Fsp3) is 0.786. The van der Waals surface area contributed by atoms with E-state index in [1.165, 1.54) is 7.11 Å². The van der Waals surface area contributed by atoms with Crippen LogP contribution < -0.4 is 0 Å². The number of allylic oxidation sites excluding steroid dienone is 2. The molecule has 1 saturated heterocycles. The van der Waals surface area contributed by atoms with Crippen LogP contribution in [0.25, 0.3) is 0 Å². The van der Waals surface area contributed by atoms with Crippen molar-refractivity contribution in [3.05, 3.63) is 24.3 Å². The molecule has 0 radical (unpaired) electrons. The lowest BCUT2D eigenvalue weighted by molar-refractivity contribution is -0.140. The highest BCUT2D eigenvalue weighted by Crippen LogP contribution is 2.62. The van der Waals surface area contributed by atoms with Crippen molar-refractivity contribution >= 4 is 28.4 Å². The summed E-state index contributed by atoms with van der Waals surface area (Å²) in [6, 6.07) is 0.351. The molecule has 1 aliphatic carbocycles. The highest BCUT2D eigenvalue weighted by Gasteiger charge is 2.73. The Morgan fingerprint density at radius 2 is 1.72 bits per heavy atom. The van der Waals surface area contributed by atoms with Crippen molar-refractivity contribution in [2.24, 2.45) is 11.8 Å². The largest absolute Gasteiger partial charge is 0.469 e. The summed E-state index contributed by atoms with van der Waals surface area (Å²) >= 11 is 0. The molecular weight excluding hydrogens is 486 g/mol. The van der Waals surface area contributed by atoms with Gasteiger partial charge in [0.05, 0.1) is 18.7 Å². The second-order valence-electron chi connectivity index (χ2n) is 12.4. The van der Waals surface area contributed by atoms with Crippen LogP contribution in [-0.2, 0) is 23.3 Å². The average molecular weight is 538 g/mol. The average Bonchev–Trinajstić information content (AvgIpc) is 3.21. The number of esters is 1. The number of hydroxylamine groups is 2. The minimum atomic E-state index is -1.78. The first-order valence-electron chi connectivity index (χ1n) is 13.9. The van der Waals surface area contributed by atoms with Gasteiger partial charge in [0.2, 0.25) is 8.32 Å². The number of piperidine rings is 1. The van der Waals surface area contributed by atoms with Crippen LogP contribution in [0.15, 0.2) is 24.3 Å². The van der Waals surface area contributed by atoms with Crippen LogP contribution in [0.3, 0.4) is 0 Å². The molecule has 8 heteroatoms. The number of hydrogen-bond donors (Lipinski definition) is 0. The summed E-state index contributed by atoms with van der Waals surface area (Å²) in [5.41, 5.74) is -0.118. The normalized spacial score (nSPS) is 28.1. The molecule has 0 bridgehead atoms. The minimum Gasteiger partial charge on any atom is -0.469 e. The standard InChI is InChI=1S/C28H51NO5Si2/c1-9-10-13-16-24(30)18-19-25-23(22-33-35(3,4)5)21-26-28(25,29(26)34-36(6,7)8)20-15-12-11-14-17-27(31)32-2/h12,15,18-19,23,25-26H,9-11,13-14,16-17,20-22H2,1-8H3/b15-12-,19-18+/t23-,25-,26?,28+,29?/m0/s1. The van der Waals surface area contributed by atoms with Crippen molar-refractivity contribution in [1.29, 1.82) is 0 Å². The molecule has 1 heterocycles. The zero-order valence-electron chi connectivity index (χ0n) is 24.1. The molecule has 1 saturated carbocycles. The molecule has 2 rings (SSSR count). The Balaban J connectivity index is 2.20. The third-order valence-electron chi connectivity index (χ3n) is 7.02. The molecule has 36 heavy (non-hydrogen) atoms. The van der Waals surface area contributed by atoms with Crippen molar-refractivity contribution in [3.63, 3.8) is 0 Å². The van der Waals surface area contributed by atoms with Gasteiger partial charge in [0.1, 0.15) is 0 Å². The summed E-state index contributed by atoms with van der Waals surface area (Å²) in [7, 11) is -1.99. The summed E-state index contributed by atoms with van der Waals surface area (Å²) in [5.74, 6) is 0.665. The molecule has 2 aliphatic rings. The summed E-state index contributed by atoms with van der Waals surface area (Å²) < 4.78 is 17.7. The maximum Gasteiger partial charge on any atom is 0.305 e. The molecule has 0 aromatic carbocycles. The second-order valence-corrected chi connectivity index (χ2v) is 21.3. The maximum atomic E-state index is 12.6. The predicted octanol–water partition coefficient (Wildman–Crippen LogP) is 6.66. The van der Waals surface area contributed by atoms with Crippen molar-refractivity contribution in [1.82, 2.24) is 5.06 Å². The Morgan fingerprint density at radius 3 is 2.33 bits per heavy atom. The highest BCUT2D eigenvalue weighted by atomic mass is 28.4. The number of ketones is 1. The van der Waals surface area contributed by atoms with Crippen molar-refractivity contribution in [2.45, 2.75) is 116 Å². The molecule has 0 N–H and O–H groups in total. The van der Waals surface area contributed by atoms with E-state index in [1.807, 2.05) is 6.08 Å². The van der Waals surface area contributed by atoms with Crippen LogP contribution >= 0.6 is 0 Å². The number of carbonyl (C=O) groups excluding carboxylic acids is 2. The lowest BCUT2D eigenvalue weighted by Gasteiger charge is -2.32. The van der Waals surface area contributed by atoms with Gasteiger partial charge >= 0.3 is 5.97 Å². The van der Waals surface area contributed by atoms with E-state index in [2.05, 4.69) is 69.5 Å². The number of nitrogens with zero attached hydrogens (tertiary/aromatic N) is 1. The highest BCUT2D eigenvalue weighted by molar-refractivity contribution is 6.70. The number of rotatable bonds is 17. The summed E-state index contributed by atoms with van der Waals surface area (Å²) in [4.78, 5) is 24.0. The lowest BCUT2D eigenvalue weighted by atomic mass is 9.84. The Hall–Kier alpha value is -1.07. The first-order valence-corrected chi connectivity index (χ1v) is 20.7. The number of ether oxygens (including phenoxy) is 1. The van der Waals surface area contributed by atoms with E-state index in [1.54, 1.807) is 0 Å². The van der Waals surface area contributed by atoms with E-state index >= 15 is 0 Å². The zero-order chi connectivity index (χ0) is 27.0. The summed E-state index contributed by atoms with van der Waals surface area (Å²) in [6.07, 6.45) is 16.3. The third-order valence-corrected chi connectivity index (χ3v) is 8.80. The third kappa shape index (κ3) is 9.35. The zero-order valence-corrected chi connectivity index (χ0v) is 26.1. The molecule has 0 amide bonds. The lowest BCUT2D eigenvalue weighted by Crippen LogP contribution is -2.39. The molecule has 206 valence electrons. The molecular formula is C28H51NO5Si2. The fourth-order valence-corrected chi connectivity index (χ4v) is 6.85. The van der Waals surface area contributed by atoms with Gasteiger partial charge in [-0.15, -0.1) is 0 Å². The minimum absolute atomic E-state index is 0.118. The predicted molar refractivity (Wildman–Crippen MR) is 152 cm³/mol. The van der Waals surface area contributed by atoms with Gasteiger partial charge in [0.25, 0.3) is 0 Å². The Labute approximate surface area is 222 Å². The van der Waals surface area contributed by atoms with Gasteiger partial charge in [-0.1, -0.05) is 38.0 Å². The number of unbranched alkanes of at least 4 members (excludes halogenated alkanes) is 3. The van der Waals surface area contributed by atoms with E-state index in [-0.39, 0.29) is 23.2 Å². The molecule has 6 nitrogen and oxygen atoms in total. The topological polar surface area (TPSA) is 64.8 Å². The molecule has 2 fully saturated rings. The van der Waals surface area contributed by atoms with Crippen LogP contribution in [0.1, 0.15) is 64.7 Å². The van der Waals surface area contributed by atoms with Crippen molar-refractivity contribution in [2.75, 3.05) is 13.7 Å². The van der Waals surface area contributed by atoms with E-state index in [0.717, 1.165) is 51.6 Å². The van der Waals surface area contributed by atoms with E-state index < -0.39 is 16.6 Å². The molecule has 5 atom stereocenters. The van der Waals surface area contributed by atoms with Gasteiger partial charge in [0, 0.05) is 25.4 Å². The summed E-state index contributed by atoms with van der Waals surface area (Å²) in [5, 5.41) is 2.26. The van der Waals surface area contributed by atoms with Gasteiger partial charge in [-0.25, -0.2) is 0 Å². The van der Waals surface area contributed by atoms with Crippen LogP contribution in [0.4, 0.5) is 0 Å². The quantitative estimate of drug-likeness (QED) is 0.0516. The van der Waals surface area contributed by atoms with Crippen molar-refractivity contribution in [3.8, 4) is 0 Å². The Bertz CT molecular complexity index is 786. The molecule has 0 aromatic rings. The molecule has 1 aliphatic heterocycles. The van der Waals surface area contributed by atoms with Gasteiger partial charge in [-0.3, -0.25) is 9.59 Å². The Kier molecular flexibility index (Phi) is 11.8. The van der Waals surface area contributed by atoms with E-state index in [4.69, 9.17) is 13.7 Å². The maximum absolute atomic E-state index is 12.6. The first-order chi connectivity index (χ1) is 16.8. The van der Waals surface area contributed by atoms with Crippen LogP contribution in [0.5, 0.6) is 0 Å². The smallest absolute Gasteiger partial charge is 0.305 e. The first kappa shape index (κ1) is 31.2. The van der Waals surface area contributed by atoms with Crippen molar-refractivity contribution < 1.29 is 23.3 Å². The van der Waals surface area contributed by atoms with Gasteiger partial charge in [-0.05, 0) is 83.4 Å². The number of fused-ring (bicyclic) bond motifs is 1. The molecule has 0 spiro atoms. The van der Waals surface area contributed by atoms with Crippen LogP contribution in [0.2, 0.25) is 39.3 Å². The van der Waals surface area contributed by atoms with Gasteiger partial charge in [0.15, 0.2) is 14.1 Å². The van der Waals surface area contributed by atoms with E-state index in [9.17, 15) is 9.59 Å². The molecule has 2 unspecified atom stereocenters. The van der Waals surface area contributed by atoms with E-state index in [0.29, 0.717) is 24.8 Å². The number of carbonyl (C=O) groups is 2. The fourth-order valence-electron chi connectivity index (χ4n) is 5.25. The van der Waals surface area contributed by atoms with Crippen LogP contribution in [0, 0.1) is 11.8 Å². The van der Waals surface area contributed by atoms with Crippen LogP contribution in [-0.4, -0.2) is 58.7 Å². The Morgan fingerprint density at radius 1 is 1.00 bits per heavy atom. The second kappa shape index (κ2) is 13.6. The number of hydrogen-bond acceptors (Lipinski definition) is 6. The molecule has 0 aromatic heterocycles. The monoisotopic (exact) mass is 537 g/mol.